The first kappa shape index (κ1) is 14.7. The fraction of sp³-hybridized carbons (Fsp3) is 0.455. The van der Waals surface area contributed by atoms with Crippen molar-refractivity contribution in [3.8, 4) is 0 Å². The van der Waals surface area contributed by atoms with E-state index in [2.05, 4.69) is 0 Å². The van der Waals surface area contributed by atoms with E-state index in [0.29, 0.717) is 11.6 Å². The highest BCUT2D eigenvalue weighted by atomic mass is 35.5. The molecule has 2 atom stereocenters. The minimum Gasteiger partial charge on any atom is -0.348 e. The summed E-state index contributed by atoms with van der Waals surface area (Å²) in [5.74, 6) is 0. The number of benzene rings is 1. The van der Waals surface area contributed by atoms with E-state index < -0.39 is 13.9 Å². The summed E-state index contributed by atoms with van der Waals surface area (Å²) in [6, 6.07) is 6.97. The Hall–Kier alpha value is -0.380. The minimum atomic E-state index is -3.09. The summed E-state index contributed by atoms with van der Waals surface area (Å²) in [4.78, 5) is 0. The molecule has 0 aromatic heterocycles. The molecule has 0 heterocycles. The zero-order valence-electron chi connectivity index (χ0n) is 10.1. The van der Waals surface area contributed by atoms with Gasteiger partial charge in [0.15, 0.2) is 6.29 Å². The molecule has 6 heteroatoms. The summed E-state index contributed by atoms with van der Waals surface area (Å²) in [6.07, 6.45) is -0.715. The molecule has 0 saturated heterocycles. The number of halogens is 1. The predicted molar refractivity (Wildman–Crippen MR) is 67.4 cm³/mol. The van der Waals surface area contributed by atoms with Crippen LogP contribution >= 0.6 is 19.2 Å². The Morgan fingerprint density at radius 1 is 1.35 bits per heavy atom. The Kier molecular flexibility index (Phi) is 5.63. The lowest BCUT2D eigenvalue weighted by Gasteiger charge is -2.21. The monoisotopic (exact) mass is 278 g/mol. The molecular weight excluding hydrogens is 263 g/mol. The summed E-state index contributed by atoms with van der Waals surface area (Å²) in [6.45, 7) is 3.67. The van der Waals surface area contributed by atoms with Crippen molar-refractivity contribution < 1.29 is 18.3 Å². The van der Waals surface area contributed by atoms with Gasteiger partial charge in [-0.05, 0) is 19.1 Å². The Morgan fingerprint density at radius 3 is 2.41 bits per heavy atom. The number of hydrogen-bond donors (Lipinski definition) is 0. The van der Waals surface area contributed by atoms with Crippen molar-refractivity contribution in [2.75, 3.05) is 20.4 Å². The molecule has 0 aliphatic rings. The van der Waals surface area contributed by atoms with Gasteiger partial charge in [-0.2, -0.15) is 0 Å². The Bertz CT molecular complexity index is 393. The van der Waals surface area contributed by atoms with Crippen molar-refractivity contribution in [2.45, 2.75) is 13.2 Å². The van der Waals surface area contributed by atoms with Crippen LogP contribution in [0, 0.1) is 0 Å². The highest BCUT2D eigenvalue weighted by Gasteiger charge is 2.23. The predicted octanol–water partition coefficient (Wildman–Crippen LogP) is 3.86. The third kappa shape index (κ3) is 4.78. The topological polar surface area (TPSA) is 44.8 Å². The van der Waals surface area contributed by atoms with Gasteiger partial charge in [0.25, 0.3) is 0 Å². The number of rotatable bonds is 6. The van der Waals surface area contributed by atoms with Gasteiger partial charge in [0.1, 0.15) is 0 Å². The van der Waals surface area contributed by atoms with E-state index in [1.54, 1.807) is 24.3 Å². The first-order valence-corrected chi connectivity index (χ1v) is 7.54. The van der Waals surface area contributed by atoms with Crippen LogP contribution in [0.15, 0.2) is 24.3 Å². The number of hydrogen-bond acceptors (Lipinski definition) is 4. The second-order valence-corrected chi connectivity index (χ2v) is 5.95. The molecule has 0 radical (unpaired) electrons. The van der Waals surface area contributed by atoms with Crippen LogP contribution in [0.3, 0.4) is 0 Å². The second kappa shape index (κ2) is 6.53. The average Bonchev–Trinajstić information content (AvgIpc) is 2.29. The number of ether oxygens (including phenoxy) is 1. The molecule has 0 amide bonds. The minimum absolute atomic E-state index is 0.441. The van der Waals surface area contributed by atoms with Gasteiger partial charge in [-0.25, -0.2) is 0 Å². The largest absolute Gasteiger partial charge is 0.348 e. The van der Waals surface area contributed by atoms with Crippen LogP contribution in [-0.4, -0.2) is 20.4 Å². The molecular formula is C11H16ClO4P. The third-order valence-corrected chi connectivity index (χ3v) is 3.57. The average molecular weight is 279 g/mol. The molecule has 0 aliphatic heterocycles. The van der Waals surface area contributed by atoms with Crippen molar-refractivity contribution >= 4 is 19.2 Å². The SMILES string of the molecule is CCOC(OP(C)(=O)OC)c1ccc(Cl)cc1. The molecule has 4 nitrogen and oxygen atoms in total. The van der Waals surface area contributed by atoms with Crippen LogP contribution in [0.25, 0.3) is 0 Å². The van der Waals surface area contributed by atoms with Crippen LogP contribution in [0.1, 0.15) is 18.8 Å². The summed E-state index contributed by atoms with van der Waals surface area (Å²) in [5.41, 5.74) is 0.746. The van der Waals surface area contributed by atoms with Gasteiger partial charge < -0.3 is 9.26 Å². The Morgan fingerprint density at radius 2 is 1.94 bits per heavy atom. The van der Waals surface area contributed by atoms with Crippen molar-refractivity contribution in [3.05, 3.63) is 34.9 Å². The zero-order valence-corrected chi connectivity index (χ0v) is 11.7. The molecule has 1 aromatic rings. The van der Waals surface area contributed by atoms with Crippen LogP contribution in [0.2, 0.25) is 5.02 Å². The maximum atomic E-state index is 11.8. The van der Waals surface area contributed by atoms with E-state index in [1.165, 1.54) is 13.8 Å². The molecule has 0 fully saturated rings. The summed E-state index contributed by atoms with van der Waals surface area (Å²) in [7, 11) is -1.76. The highest BCUT2D eigenvalue weighted by molar-refractivity contribution is 7.52. The first-order valence-electron chi connectivity index (χ1n) is 5.17. The van der Waals surface area contributed by atoms with Gasteiger partial charge in [-0.15, -0.1) is 0 Å². The Labute approximate surface area is 106 Å². The third-order valence-electron chi connectivity index (χ3n) is 2.08. The highest BCUT2D eigenvalue weighted by Crippen LogP contribution is 2.47. The van der Waals surface area contributed by atoms with Crippen molar-refractivity contribution in [3.63, 3.8) is 0 Å². The van der Waals surface area contributed by atoms with Gasteiger partial charge in [0.2, 0.25) is 0 Å². The maximum Gasteiger partial charge on any atom is 0.329 e. The van der Waals surface area contributed by atoms with Gasteiger partial charge in [-0.1, -0.05) is 23.7 Å². The van der Waals surface area contributed by atoms with E-state index in [0.717, 1.165) is 5.56 Å². The van der Waals surface area contributed by atoms with Crippen molar-refractivity contribution in [2.24, 2.45) is 0 Å². The lowest BCUT2D eigenvalue weighted by molar-refractivity contribution is -0.0839. The zero-order chi connectivity index (χ0) is 12.9. The van der Waals surface area contributed by atoms with Gasteiger partial charge in [-0.3, -0.25) is 9.09 Å². The van der Waals surface area contributed by atoms with E-state index >= 15 is 0 Å². The van der Waals surface area contributed by atoms with E-state index in [4.69, 9.17) is 25.4 Å². The molecule has 1 aromatic carbocycles. The van der Waals surface area contributed by atoms with Crippen molar-refractivity contribution in [1.29, 1.82) is 0 Å². The summed E-state index contributed by atoms with van der Waals surface area (Å²) >= 11 is 5.79. The molecule has 2 unspecified atom stereocenters. The Balaban J connectivity index is 2.85. The summed E-state index contributed by atoms with van der Waals surface area (Å²) < 4.78 is 27.3. The standard InChI is InChI=1S/C11H16ClO4P/c1-4-15-11(16-17(3,13)14-2)9-5-7-10(12)8-6-9/h5-8,11H,4H2,1-3H3. The lowest BCUT2D eigenvalue weighted by Crippen LogP contribution is -2.08. The second-order valence-electron chi connectivity index (χ2n) is 3.40. The first-order chi connectivity index (χ1) is 7.98. The van der Waals surface area contributed by atoms with E-state index in [9.17, 15) is 4.57 Å². The fourth-order valence-corrected chi connectivity index (χ4v) is 1.92. The molecule has 0 spiro atoms. The normalized spacial score (nSPS) is 16.5. The van der Waals surface area contributed by atoms with Crippen LogP contribution in [0.4, 0.5) is 0 Å². The quantitative estimate of drug-likeness (QED) is 0.585. The molecule has 17 heavy (non-hydrogen) atoms. The van der Waals surface area contributed by atoms with Crippen LogP contribution < -0.4 is 0 Å². The lowest BCUT2D eigenvalue weighted by atomic mass is 10.2. The molecule has 0 aliphatic carbocycles. The van der Waals surface area contributed by atoms with Gasteiger partial charge in [0, 0.05) is 31.0 Å². The van der Waals surface area contributed by atoms with Gasteiger partial charge >= 0.3 is 7.60 Å². The fourth-order valence-electron chi connectivity index (χ4n) is 1.18. The molecule has 0 saturated carbocycles. The molecule has 1 rings (SSSR count). The van der Waals surface area contributed by atoms with Crippen LogP contribution in [-0.2, 0) is 18.3 Å². The molecule has 0 N–H and O–H groups in total. The van der Waals surface area contributed by atoms with Crippen LogP contribution in [0.5, 0.6) is 0 Å². The maximum absolute atomic E-state index is 11.8. The molecule has 96 valence electrons. The van der Waals surface area contributed by atoms with Crippen molar-refractivity contribution in [1.82, 2.24) is 0 Å². The summed E-state index contributed by atoms with van der Waals surface area (Å²) in [5, 5.41) is 0.621. The van der Waals surface area contributed by atoms with Gasteiger partial charge in [0.05, 0.1) is 0 Å². The molecule has 0 bridgehead atoms. The smallest absolute Gasteiger partial charge is 0.329 e. The van der Waals surface area contributed by atoms with E-state index in [-0.39, 0.29) is 0 Å². The van der Waals surface area contributed by atoms with E-state index in [1.807, 2.05) is 6.92 Å².